The molecule has 7 heteroatoms. The molecule has 0 radical (unpaired) electrons. The van der Waals surface area contributed by atoms with Crippen LogP contribution in [0.5, 0.6) is 0 Å². The Kier molecular flexibility index (Phi) is 5.57. The first-order valence-electron chi connectivity index (χ1n) is 6.02. The molecule has 3 N–H and O–H groups in total. The molecule has 0 aliphatic rings. The predicted molar refractivity (Wildman–Crippen MR) is 73.1 cm³/mol. The summed E-state index contributed by atoms with van der Waals surface area (Å²) in [6, 6.07) is 0. The molecule has 1 aromatic rings. The summed E-state index contributed by atoms with van der Waals surface area (Å²) >= 11 is 0. The van der Waals surface area contributed by atoms with Gasteiger partial charge < -0.3 is 20.6 Å². The van der Waals surface area contributed by atoms with E-state index in [1.807, 2.05) is 19.0 Å². The molecule has 18 heavy (non-hydrogen) atoms. The zero-order valence-electron chi connectivity index (χ0n) is 11.4. The van der Waals surface area contributed by atoms with Crippen LogP contribution < -0.4 is 15.5 Å². The summed E-state index contributed by atoms with van der Waals surface area (Å²) < 4.78 is 0. The maximum absolute atomic E-state index is 8.85. The fourth-order valence-electron chi connectivity index (χ4n) is 1.34. The van der Waals surface area contributed by atoms with Gasteiger partial charge in [-0.05, 0) is 12.3 Å². The summed E-state index contributed by atoms with van der Waals surface area (Å²) in [6.45, 7) is 2.99. The van der Waals surface area contributed by atoms with Crippen LogP contribution in [0.3, 0.4) is 0 Å². The Labute approximate surface area is 108 Å². The molecule has 0 aliphatic carbocycles. The van der Waals surface area contributed by atoms with Gasteiger partial charge in [0, 0.05) is 34.3 Å². The molecule has 0 aromatic carbocycles. The first-order chi connectivity index (χ1) is 8.56. The van der Waals surface area contributed by atoms with Crippen LogP contribution in [0, 0.1) is 5.92 Å². The van der Waals surface area contributed by atoms with Crippen LogP contribution in [0.15, 0.2) is 0 Å². The molecule has 1 atom stereocenters. The van der Waals surface area contributed by atoms with E-state index in [0.29, 0.717) is 23.8 Å². The zero-order chi connectivity index (χ0) is 13.5. The Balaban J connectivity index is 2.72. The van der Waals surface area contributed by atoms with Crippen molar-refractivity contribution in [3.8, 4) is 0 Å². The number of nitrogens with one attached hydrogen (secondary N) is 2. The summed E-state index contributed by atoms with van der Waals surface area (Å²) in [5, 5.41) is 14.9. The largest absolute Gasteiger partial charge is 0.396 e. The standard InChI is InChI=1S/C11H22N6O/c1-8(5-6-18)7-13-10-14-9(12-2)15-11(16-10)17(3)4/h8,18H,5-7H2,1-4H3,(H2,12,13,14,15,16). The number of aliphatic hydroxyl groups excluding tert-OH is 1. The van der Waals surface area contributed by atoms with Gasteiger partial charge in [-0.25, -0.2) is 0 Å². The van der Waals surface area contributed by atoms with Gasteiger partial charge in [-0.1, -0.05) is 6.92 Å². The van der Waals surface area contributed by atoms with Crippen molar-refractivity contribution in [2.75, 3.05) is 49.8 Å². The number of hydrogen-bond acceptors (Lipinski definition) is 7. The number of aliphatic hydroxyl groups is 1. The lowest BCUT2D eigenvalue weighted by molar-refractivity contribution is 0.265. The minimum Gasteiger partial charge on any atom is -0.396 e. The van der Waals surface area contributed by atoms with E-state index in [4.69, 9.17) is 5.11 Å². The first kappa shape index (κ1) is 14.4. The number of aromatic nitrogens is 3. The van der Waals surface area contributed by atoms with E-state index in [9.17, 15) is 0 Å². The van der Waals surface area contributed by atoms with Crippen molar-refractivity contribution in [3.05, 3.63) is 0 Å². The topological polar surface area (TPSA) is 86.2 Å². The van der Waals surface area contributed by atoms with Crippen LogP contribution >= 0.6 is 0 Å². The number of hydrogen-bond donors (Lipinski definition) is 3. The van der Waals surface area contributed by atoms with Gasteiger partial charge in [-0.2, -0.15) is 15.0 Å². The quantitative estimate of drug-likeness (QED) is 0.649. The molecule has 0 fully saturated rings. The summed E-state index contributed by atoms with van der Waals surface area (Å²) in [4.78, 5) is 14.6. The third kappa shape index (κ3) is 4.33. The van der Waals surface area contributed by atoms with Crippen molar-refractivity contribution >= 4 is 17.8 Å². The molecule has 102 valence electrons. The van der Waals surface area contributed by atoms with Gasteiger partial charge in [0.15, 0.2) is 0 Å². The average molecular weight is 254 g/mol. The lowest BCUT2D eigenvalue weighted by Crippen LogP contribution is -2.19. The van der Waals surface area contributed by atoms with E-state index in [2.05, 4.69) is 32.5 Å². The third-order valence-electron chi connectivity index (χ3n) is 2.48. The van der Waals surface area contributed by atoms with Crippen molar-refractivity contribution in [1.82, 2.24) is 15.0 Å². The molecular weight excluding hydrogens is 232 g/mol. The van der Waals surface area contributed by atoms with E-state index >= 15 is 0 Å². The third-order valence-corrected chi connectivity index (χ3v) is 2.48. The van der Waals surface area contributed by atoms with E-state index in [1.54, 1.807) is 7.05 Å². The summed E-state index contributed by atoms with van der Waals surface area (Å²) in [6.07, 6.45) is 0.761. The lowest BCUT2D eigenvalue weighted by atomic mass is 10.1. The maximum Gasteiger partial charge on any atom is 0.231 e. The Morgan fingerprint density at radius 1 is 1.22 bits per heavy atom. The van der Waals surface area contributed by atoms with E-state index in [1.165, 1.54) is 0 Å². The SMILES string of the molecule is CNc1nc(NCC(C)CCO)nc(N(C)C)n1. The summed E-state index contributed by atoms with van der Waals surface area (Å²) in [5.74, 6) is 2.05. The van der Waals surface area contributed by atoms with E-state index in [0.717, 1.165) is 13.0 Å². The molecule has 0 spiro atoms. The molecular formula is C11H22N6O. The van der Waals surface area contributed by atoms with Crippen molar-refractivity contribution in [1.29, 1.82) is 0 Å². The highest BCUT2D eigenvalue weighted by Gasteiger charge is 2.08. The fourth-order valence-corrected chi connectivity index (χ4v) is 1.34. The fraction of sp³-hybridized carbons (Fsp3) is 0.727. The summed E-state index contributed by atoms with van der Waals surface area (Å²) in [7, 11) is 5.53. The Bertz CT molecular complexity index is 371. The molecule has 7 nitrogen and oxygen atoms in total. The van der Waals surface area contributed by atoms with Crippen LogP contribution in [0.25, 0.3) is 0 Å². The normalized spacial score (nSPS) is 12.1. The minimum atomic E-state index is 0.199. The maximum atomic E-state index is 8.85. The molecule has 1 unspecified atom stereocenters. The monoisotopic (exact) mass is 254 g/mol. The number of rotatable bonds is 7. The molecule has 1 aromatic heterocycles. The predicted octanol–water partition coefficient (Wildman–Crippen LogP) is 0.410. The number of nitrogens with zero attached hydrogens (tertiary/aromatic N) is 4. The zero-order valence-corrected chi connectivity index (χ0v) is 11.4. The molecule has 0 saturated carbocycles. The van der Waals surface area contributed by atoms with Crippen LogP contribution in [0.2, 0.25) is 0 Å². The Hall–Kier alpha value is -1.63. The molecule has 0 amide bonds. The van der Waals surface area contributed by atoms with Gasteiger partial charge in [-0.3, -0.25) is 0 Å². The van der Waals surface area contributed by atoms with Gasteiger partial charge in [0.2, 0.25) is 17.8 Å². The van der Waals surface area contributed by atoms with Crippen LogP contribution in [-0.2, 0) is 0 Å². The number of anilines is 3. The van der Waals surface area contributed by atoms with Crippen LogP contribution in [0.1, 0.15) is 13.3 Å². The van der Waals surface area contributed by atoms with E-state index in [-0.39, 0.29) is 6.61 Å². The molecule has 1 heterocycles. The highest BCUT2D eigenvalue weighted by atomic mass is 16.3. The second-order valence-corrected chi connectivity index (χ2v) is 4.43. The van der Waals surface area contributed by atoms with Crippen molar-refractivity contribution in [3.63, 3.8) is 0 Å². The average Bonchev–Trinajstić information content (AvgIpc) is 2.36. The van der Waals surface area contributed by atoms with Crippen LogP contribution in [0.4, 0.5) is 17.8 Å². The van der Waals surface area contributed by atoms with Gasteiger partial charge in [-0.15, -0.1) is 0 Å². The smallest absolute Gasteiger partial charge is 0.231 e. The molecule has 0 aliphatic heterocycles. The van der Waals surface area contributed by atoms with Crippen molar-refractivity contribution in [2.45, 2.75) is 13.3 Å². The highest BCUT2D eigenvalue weighted by Crippen LogP contribution is 2.11. The van der Waals surface area contributed by atoms with Crippen molar-refractivity contribution in [2.24, 2.45) is 5.92 Å². The van der Waals surface area contributed by atoms with Crippen molar-refractivity contribution < 1.29 is 5.11 Å². The summed E-state index contributed by atoms with van der Waals surface area (Å²) in [5.41, 5.74) is 0. The van der Waals surface area contributed by atoms with Crippen LogP contribution in [-0.4, -0.2) is 54.4 Å². The second kappa shape index (κ2) is 6.95. The highest BCUT2D eigenvalue weighted by molar-refractivity contribution is 5.42. The minimum absolute atomic E-state index is 0.199. The van der Waals surface area contributed by atoms with Gasteiger partial charge in [0.05, 0.1) is 0 Å². The lowest BCUT2D eigenvalue weighted by Gasteiger charge is -2.15. The Morgan fingerprint density at radius 3 is 2.44 bits per heavy atom. The van der Waals surface area contributed by atoms with Gasteiger partial charge in [0.1, 0.15) is 0 Å². The van der Waals surface area contributed by atoms with Gasteiger partial charge >= 0.3 is 0 Å². The molecule has 0 saturated heterocycles. The molecule has 0 bridgehead atoms. The Morgan fingerprint density at radius 2 is 1.89 bits per heavy atom. The second-order valence-electron chi connectivity index (χ2n) is 4.43. The molecule has 1 rings (SSSR count). The van der Waals surface area contributed by atoms with Gasteiger partial charge in [0.25, 0.3) is 0 Å². The first-order valence-corrected chi connectivity index (χ1v) is 6.02. The van der Waals surface area contributed by atoms with E-state index < -0.39 is 0 Å².